The standard InChI is InChI=1S/C40H64N4O9/c1-24(2)28(22-25(3)32(47)41-27(23-29(45)46)35(50)52-38(7,8)9)43(15)34(49)30(37(4,5)6)42-33(48)31(44(16)36(51)53-39(10,11)12)40(13,14)26-20-18-17-19-21-26/h17-22,24,27-28,30-31H,23H2,1-16H3,(H,41,47)(H,42,48)(H,45,46)/b25-22+/t27-,28+,30?,31+/m0/s1. The maximum Gasteiger partial charge on any atom is 0.410 e. The lowest BCUT2D eigenvalue weighted by Crippen LogP contribution is -2.63. The molecule has 0 aliphatic heterocycles. The van der Waals surface area contributed by atoms with E-state index in [-0.39, 0.29) is 11.5 Å². The highest BCUT2D eigenvalue weighted by atomic mass is 16.6. The lowest BCUT2D eigenvalue weighted by molar-refractivity contribution is -0.160. The van der Waals surface area contributed by atoms with Crippen molar-refractivity contribution >= 4 is 35.8 Å². The van der Waals surface area contributed by atoms with Gasteiger partial charge in [0, 0.05) is 25.1 Å². The van der Waals surface area contributed by atoms with Crippen LogP contribution in [0.4, 0.5) is 4.79 Å². The van der Waals surface area contributed by atoms with Gasteiger partial charge in [-0.15, -0.1) is 0 Å². The Hall–Kier alpha value is -4.42. The van der Waals surface area contributed by atoms with Gasteiger partial charge >= 0.3 is 18.0 Å². The van der Waals surface area contributed by atoms with Gasteiger partial charge in [0.2, 0.25) is 17.7 Å². The molecule has 1 rings (SSSR count). The van der Waals surface area contributed by atoms with Crippen LogP contribution in [-0.4, -0.2) is 100 Å². The molecule has 298 valence electrons. The quantitative estimate of drug-likeness (QED) is 0.165. The largest absolute Gasteiger partial charge is 0.481 e. The van der Waals surface area contributed by atoms with Crippen LogP contribution in [0.1, 0.15) is 109 Å². The average Bonchev–Trinajstić information content (AvgIpc) is 2.99. The number of carboxylic acids is 1. The van der Waals surface area contributed by atoms with Crippen LogP contribution in [-0.2, 0) is 38.9 Å². The molecule has 0 saturated carbocycles. The normalized spacial score (nSPS) is 15.0. The van der Waals surface area contributed by atoms with Crippen LogP contribution in [0.3, 0.4) is 0 Å². The fourth-order valence-electron chi connectivity index (χ4n) is 5.77. The summed E-state index contributed by atoms with van der Waals surface area (Å²) in [4.78, 5) is 82.6. The van der Waals surface area contributed by atoms with Gasteiger partial charge in [0.25, 0.3) is 0 Å². The highest BCUT2D eigenvalue weighted by Gasteiger charge is 2.46. The minimum absolute atomic E-state index is 0.141. The van der Waals surface area contributed by atoms with Crippen molar-refractivity contribution in [1.82, 2.24) is 20.4 Å². The van der Waals surface area contributed by atoms with E-state index in [0.29, 0.717) is 0 Å². The Morgan fingerprint density at radius 3 is 1.74 bits per heavy atom. The number of amides is 4. The molecule has 53 heavy (non-hydrogen) atoms. The Balaban J connectivity index is 3.56. The zero-order chi connectivity index (χ0) is 41.4. The van der Waals surface area contributed by atoms with Gasteiger partial charge in [-0.25, -0.2) is 9.59 Å². The van der Waals surface area contributed by atoms with Crippen molar-refractivity contribution in [2.24, 2.45) is 11.3 Å². The Kier molecular flexibility index (Phi) is 15.9. The average molecular weight is 745 g/mol. The molecule has 0 aliphatic rings. The van der Waals surface area contributed by atoms with Crippen molar-refractivity contribution < 1.29 is 43.3 Å². The molecule has 0 bridgehead atoms. The third-order valence-corrected chi connectivity index (χ3v) is 8.55. The fourth-order valence-corrected chi connectivity index (χ4v) is 5.77. The van der Waals surface area contributed by atoms with Crippen molar-refractivity contribution in [3.63, 3.8) is 0 Å². The van der Waals surface area contributed by atoms with Crippen molar-refractivity contribution in [1.29, 1.82) is 0 Å². The summed E-state index contributed by atoms with van der Waals surface area (Å²) in [6.45, 7) is 24.5. The summed E-state index contributed by atoms with van der Waals surface area (Å²) in [6, 6.07) is 5.04. The van der Waals surface area contributed by atoms with Gasteiger partial charge in [-0.05, 0) is 65.4 Å². The number of rotatable bonds is 14. The minimum atomic E-state index is -1.44. The Morgan fingerprint density at radius 2 is 1.30 bits per heavy atom. The Morgan fingerprint density at radius 1 is 0.792 bits per heavy atom. The zero-order valence-electron chi connectivity index (χ0n) is 34.7. The van der Waals surface area contributed by atoms with Crippen LogP contribution in [0.5, 0.6) is 0 Å². The van der Waals surface area contributed by atoms with Gasteiger partial charge in [0.15, 0.2) is 0 Å². The van der Waals surface area contributed by atoms with E-state index in [1.54, 1.807) is 54.7 Å². The SMILES string of the molecule is C/C(=C\[C@H](C(C)C)N(C)C(=O)C(NC(=O)[C@@H](N(C)C(=O)OC(C)(C)C)C(C)(C)c1ccccc1)C(C)(C)C)C(=O)N[C@@H](CC(=O)O)C(=O)OC(C)(C)C. The molecular weight excluding hydrogens is 680 g/mol. The second-order valence-corrected chi connectivity index (χ2v) is 17.6. The molecule has 4 amide bonds. The molecule has 1 aromatic carbocycles. The van der Waals surface area contributed by atoms with E-state index in [1.807, 2.05) is 78.8 Å². The third kappa shape index (κ3) is 14.2. The number of carbonyl (C=O) groups excluding carboxylic acids is 5. The molecule has 0 aliphatic carbocycles. The number of hydrogen-bond donors (Lipinski definition) is 3. The maximum atomic E-state index is 14.5. The molecule has 0 radical (unpaired) electrons. The van der Waals surface area contributed by atoms with Crippen molar-refractivity contribution in [3.05, 3.63) is 47.5 Å². The predicted octanol–water partition coefficient (Wildman–Crippen LogP) is 5.46. The van der Waals surface area contributed by atoms with E-state index in [2.05, 4.69) is 10.6 Å². The Bertz CT molecular complexity index is 1500. The molecular formula is C40H64N4O9. The number of benzene rings is 1. The third-order valence-electron chi connectivity index (χ3n) is 8.55. The second-order valence-electron chi connectivity index (χ2n) is 17.6. The van der Waals surface area contributed by atoms with E-state index in [4.69, 9.17) is 9.47 Å². The summed E-state index contributed by atoms with van der Waals surface area (Å²) >= 11 is 0. The lowest BCUT2D eigenvalue weighted by Gasteiger charge is -2.42. The highest BCUT2D eigenvalue weighted by Crippen LogP contribution is 2.32. The van der Waals surface area contributed by atoms with Gasteiger partial charge in [0.1, 0.15) is 29.3 Å². The van der Waals surface area contributed by atoms with Gasteiger partial charge < -0.3 is 30.1 Å². The van der Waals surface area contributed by atoms with E-state index in [9.17, 15) is 33.9 Å². The van der Waals surface area contributed by atoms with Gasteiger partial charge in [-0.3, -0.25) is 24.1 Å². The topological polar surface area (TPSA) is 172 Å². The predicted molar refractivity (Wildman–Crippen MR) is 204 cm³/mol. The monoisotopic (exact) mass is 744 g/mol. The number of carbonyl (C=O) groups is 6. The van der Waals surface area contributed by atoms with Gasteiger partial charge in [-0.2, -0.15) is 0 Å². The van der Waals surface area contributed by atoms with Crippen LogP contribution in [0, 0.1) is 11.3 Å². The van der Waals surface area contributed by atoms with E-state index in [1.165, 1.54) is 23.8 Å². The number of nitrogens with zero attached hydrogens (tertiary/aromatic N) is 2. The molecule has 0 saturated heterocycles. The van der Waals surface area contributed by atoms with E-state index < -0.39 is 88.4 Å². The molecule has 3 N–H and O–H groups in total. The molecule has 0 spiro atoms. The number of likely N-dealkylation sites (N-methyl/N-ethyl adjacent to an activating group) is 2. The fraction of sp³-hybridized carbons (Fsp3) is 0.650. The minimum Gasteiger partial charge on any atom is -0.481 e. The van der Waals surface area contributed by atoms with E-state index in [0.717, 1.165) is 5.56 Å². The van der Waals surface area contributed by atoms with Crippen LogP contribution < -0.4 is 10.6 Å². The van der Waals surface area contributed by atoms with Crippen molar-refractivity contribution in [2.45, 2.75) is 144 Å². The summed E-state index contributed by atoms with van der Waals surface area (Å²) in [5, 5.41) is 14.8. The molecule has 0 aromatic heterocycles. The first-order valence-electron chi connectivity index (χ1n) is 17.9. The summed E-state index contributed by atoms with van der Waals surface area (Å²) in [7, 11) is 3.08. The molecule has 4 atom stereocenters. The zero-order valence-corrected chi connectivity index (χ0v) is 34.7. The summed E-state index contributed by atoms with van der Waals surface area (Å²) < 4.78 is 11.0. The van der Waals surface area contributed by atoms with Gasteiger partial charge in [0.05, 0.1) is 12.5 Å². The smallest absolute Gasteiger partial charge is 0.410 e. The van der Waals surface area contributed by atoms with Gasteiger partial charge in [-0.1, -0.05) is 84.9 Å². The number of aliphatic carboxylic acids is 1. The van der Waals surface area contributed by atoms with Crippen LogP contribution >= 0.6 is 0 Å². The molecule has 13 heteroatoms. The molecule has 0 fully saturated rings. The van der Waals surface area contributed by atoms with Crippen LogP contribution in [0.25, 0.3) is 0 Å². The summed E-state index contributed by atoms with van der Waals surface area (Å²) in [5.41, 5.74) is -2.53. The van der Waals surface area contributed by atoms with Crippen LogP contribution in [0.15, 0.2) is 42.0 Å². The molecule has 1 aromatic rings. The van der Waals surface area contributed by atoms with Crippen molar-refractivity contribution in [3.8, 4) is 0 Å². The number of ether oxygens (including phenoxy) is 2. The molecule has 0 heterocycles. The molecule has 1 unspecified atom stereocenters. The highest BCUT2D eigenvalue weighted by molar-refractivity contribution is 5.97. The first kappa shape index (κ1) is 46.6. The van der Waals surface area contributed by atoms with Crippen LogP contribution in [0.2, 0.25) is 0 Å². The summed E-state index contributed by atoms with van der Waals surface area (Å²) in [5.74, 6) is -4.11. The maximum absolute atomic E-state index is 14.5. The molecule has 13 nitrogen and oxygen atoms in total. The lowest BCUT2D eigenvalue weighted by atomic mass is 9.76. The van der Waals surface area contributed by atoms with Crippen molar-refractivity contribution in [2.75, 3.05) is 14.1 Å². The summed E-state index contributed by atoms with van der Waals surface area (Å²) in [6.07, 6.45) is 0.190. The number of esters is 1. The first-order chi connectivity index (χ1) is 23.9. The number of carboxylic acid groups (broad SMARTS) is 1. The Labute approximate surface area is 316 Å². The number of nitrogens with one attached hydrogen (secondary N) is 2. The number of hydrogen-bond acceptors (Lipinski definition) is 8. The second kappa shape index (κ2) is 18.1. The van der Waals surface area contributed by atoms with E-state index >= 15 is 0 Å². The first-order valence-corrected chi connectivity index (χ1v) is 17.9.